The molecular weight excluding hydrogens is 410 g/mol. The van der Waals surface area contributed by atoms with Gasteiger partial charge in [-0.05, 0) is 36.8 Å². The maximum absolute atomic E-state index is 12.6. The van der Waals surface area contributed by atoms with Crippen molar-refractivity contribution in [3.05, 3.63) is 77.4 Å². The molecule has 2 aromatic carbocycles. The second kappa shape index (κ2) is 10.1. The van der Waals surface area contributed by atoms with Crippen LogP contribution in [0, 0.1) is 11.3 Å². The van der Waals surface area contributed by atoms with Gasteiger partial charge >= 0.3 is 6.03 Å². The second-order valence-corrected chi connectivity index (χ2v) is 6.72. The largest absolute Gasteiger partial charge is 0.490 e. The van der Waals surface area contributed by atoms with Gasteiger partial charge in [-0.15, -0.1) is 6.58 Å². The molecule has 0 radical (unpaired) electrons. The van der Waals surface area contributed by atoms with Crippen molar-refractivity contribution in [1.29, 1.82) is 5.26 Å². The lowest BCUT2D eigenvalue weighted by molar-refractivity contribution is -0.129. The highest BCUT2D eigenvalue weighted by Gasteiger charge is 2.34. The number of hydrogen-bond donors (Lipinski definition) is 1. The number of carbonyl (C=O) groups is 3. The van der Waals surface area contributed by atoms with Crippen LogP contribution < -0.4 is 14.8 Å². The summed E-state index contributed by atoms with van der Waals surface area (Å²) >= 11 is 0. The molecule has 0 atom stereocenters. The van der Waals surface area contributed by atoms with E-state index in [1.165, 1.54) is 12.2 Å². The minimum absolute atomic E-state index is 0.0174. The molecule has 2 aromatic rings. The van der Waals surface area contributed by atoms with Gasteiger partial charge in [-0.1, -0.05) is 30.3 Å². The van der Waals surface area contributed by atoms with Gasteiger partial charge in [0, 0.05) is 12.1 Å². The summed E-state index contributed by atoms with van der Waals surface area (Å²) in [4.78, 5) is 37.6. The second-order valence-electron chi connectivity index (χ2n) is 6.72. The molecule has 1 aliphatic rings. The summed E-state index contributed by atoms with van der Waals surface area (Å²) in [6.07, 6.45) is 2.78. The number of rotatable bonds is 8. The van der Waals surface area contributed by atoms with Crippen LogP contribution in [0.1, 0.15) is 23.6 Å². The summed E-state index contributed by atoms with van der Waals surface area (Å²) in [6.45, 7) is 5.85. The number of nitrogens with zero attached hydrogens (tertiary/aromatic N) is 2. The molecule has 0 aromatic heterocycles. The van der Waals surface area contributed by atoms with Gasteiger partial charge in [-0.2, -0.15) is 5.26 Å². The first-order valence-electron chi connectivity index (χ1n) is 9.85. The quantitative estimate of drug-likeness (QED) is 0.391. The Morgan fingerprint density at radius 1 is 1.12 bits per heavy atom. The monoisotopic (exact) mass is 431 g/mol. The maximum atomic E-state index is 12.6. The summed E-state index contributed by atoms with van der Waals surface area (Å²) < 4.78 is 11.5. The first kappa shape index (κ1) is 22.3. The third-order valence-corrected chi connectivity index (χ3v) is 4.60. The molecule has 8 heteroatoms. The van der Waals surface area contributed by atoms with E-state index in [1.807, 2.05) is 13.0 Å². The standard InChI is InChI=1S/C24H21N3O5/c1-3-11-27-23(29)19(22(28)26-24(27)30)12-16-9-10-20(21(13-16)31-4-2)32-15-18-8-6-5-7-17(18)14-25/h3,5-10,12-13H,1,4,11,15H2,2H3,(H,26,28,30). The lowest BCUT2D eigenvalue weighted by Gasteiger charge is -2.25. The Morgan fingerprint density at radius 2 is 1.91 bits per heavy atom. The van der Waals surface area contributed by atoms with Crippen molar-refractivity contribution in [3.63, 3.8) is 0 Å². The van der Waals surface area contributed by atoms with E-state index in [2.05, 4.69) is 18.0 Å². The molecule has 0 aliphatic carbocycles. The summed E-state index contributed by atoms with van der Waals surface area (Å²) in [5.74, 6) is -0.611. The van der Waals surface area contributed by atoms with Crippen LogP contribution in [-0.2, 0) is 16.2 Å². The van der Waals surface area contributed by atoms with Crippen LogP contribution in [0.25, 0.3) is 6.08 Å². The topological polar surface area (TPSA) is 109 Å². The van der Waals surface area contributed by atoms with E-state index >= 15 is 0 Å². The lowest BCUT2D eigenvalue weighted by Crippen LogP contribution is -2.54. The van der Waals surface area contributed by atoms with Gasteiger partial charge in [0.25, 0.3) is 11.8 Å². The molecule has 1 N–H and O–H groups in total. The summed E-state index contributed by atoms with van der Waals surface area (Å²) in [5.41, 5.74) is 1.60. The first-order chi connectivity index (χ1) is 15.5. The van der Waals surface area contributed by atoms with Gasteiger partial charge in [-0.25, -0.2) is 4.79 Å². The number of hydrogen-bond acceptors (Lipinski definition) is 6. The van der Waals surface area contributed by atoms with Crippen LogP contribution in [0.4, 0.5) is 4.79 Å². The molecule has 1 fully saturated rings. The predicted molar refractivity (Wildman–Crippen MR) is 117 cm³/mol. The third kappa shape index (κ3) is 4.84. The zero-order valence-electron chi connectivity index (χ0n) is 17.5. The van der Waals surface area contributed by atoms with Crippen molar-refractivity contribution in [2.45, 2.75) is 13.5 Å². The van der Waals surface area contributed by atoms with Crippen molar-refractivity contribution >= 4 is 23.9 Å². The number of imide groups is 2. The van der Waals surface area contributed by atoms with E-state index in [0.29, 0.717) is 29.2 Å². The van der Waals surface area contributed by atoms with E-state index in [4.69, 9.17) is 9.47 Å². The minimum atomic E-state index is -0.784. The maximum Gasteiger partial charge on any atom is 0.331 e. The smallest absolute Gasteiger partial charge is 0.331 e. The molecular formula is C24H21N3O5. The van der Waals surface area contributed by atoms with Crippen LogP contribution in [0.3, 0.4) is 0 Å². The number of amides is 4. The summed E-state index contributed by atoms with van der Waals surface area (Å²) in [6, 6.07) is 13.4. The van der Waals surface area contributed by atoms with Gasteiger partial charge in [0.1, 0.15) is 12.2 Å². The fourth-order valence-electron chi connectivity index (χ4n) is 3.07. The van der Waals surface area contributed by atoms with Crippen LogP contribution >= 0.6 is 0 Å². The zero-order chi connectivity index (χ0) is 23.1. The van der Waals surface area contributed by atoms with Gasteiger partial charge < -0.3 is 9.47 Å². The number of nitrogens with one attached hydrogen (secondary N) is 1. The van der Waals surface area contributed by atoms with Crippen molar-refractivity contribution in [3.8, 4) is 17.6 Å². The molecule has 3 rings (SSSR count). The number of carbonyl (C=O) groups excluding carboxylic acids is 3. The van der Waals surface area contributed by atoms with Gasteiger partial charge in [0.2, 0.25) is 0 Å². The van der Waals surface area contributed by atoms with E-state index in [1.54, 1.807) is 36.4 Å². The van der Waals surface area contributed by atoms with Gasteiger partial charge in [0.05, 0.1) is 18.2 Å². The summed E-state index contributed by atoms with van der Waals surface area (Å²) in [5, 5.41) is 11.4. The number of ether oxygens (including phenoxy) is 2. The van der Waals surface area contributed by atoms with Crippen molar-refractivity contribution < 1.29 is 23.9 Å². The molecule has 1 heterocycles. The Kier molecular flexibility index (Phi) is 7.03. The van der Waals surface area contributed by atoms with E-state index in [-0.39, 0.29) is 18.7 Å². The van der Waals surface area contributed by atoms with E-state index < -0.39 is 17.8 Å². The normalized spacial score (nSPS) is 14.7. The van der Waals surface area contributed by atoms with Crippen LogP contribution in [0.2, 0.25) is 0 Å². The Morgan fingerprint density at radius 3 is 2.62 bits per heavy atom. The van der Waals surface area contributed by atoms with Crippen LogP contribution in [-0.4, -0.2) is 35.9 Å². The predicted octanol–water partition coefficient (Wildman–Crippen LogP) is 3.18. The lowest BCUT2D eigenvalue weighted by atomic mass is 10.1. The molecule has 0 saturated carbocycles. The molecule has 0 unspecified atom stereocenters. The Hall–Kier alpha value is -4.38. The Bertz CT molecular complexity index is 1150. The van der Waals surface area contributed by atoms with Crippen LogP contribution in [0.5, 0.6) is 11.5 Å². The molecule has 162 valence electrons. The average Bonchev–Trinajstić information content (AvgIpc) is 2.79. The minimum Gasteiger partial charge on any atom is -0.490 e. The van der Waals surface area contributed by atoms with E-state index in [0.717, 1.165) is 10.5 Å². The highest BCUT2D eigenvalue weighted by molar-refractivity contribution is 6.31. The van der Waals surface area contributed by atoms with Gasteiger partial charge in [-0.3, -0.25) is 19.8 Å². The molecule has 0 spiro atoms. The van der Waals surface area contributed by atoms with Gasteiger partial charge in [0.15, 0.2) is 11.5 Å². The Labute approximate surface area is 185 Å². The van der Waals surface area contributed by atoms with E-state index in [9.17, 15) is 19.6 Å². The fourth-order valence-corrected chi connectivity index (χ4v) is 3.07. The molecule has 8 nitrogen and oxygen atoms in total. The molecule has 0 bridgehead atoms. The molecule has 4 amide bonds. The third-order valence-electron chi connectivity index (χ3n) is 4.60. The SMILES string of the molecule is C=CCN1C(=O)NC(=O)C(=Cc2ccc(OCc3ccccc3C#N)c(OCC)c2)C1=O. The van der Waals surface area contributed by atoms with Crippen molar-refractivity contribution in [1.82, 2.24) is 10.2 Å². The number of nitriles is 1. The van der Waals surface area contributed by atoms with Crippen LogP contribution in [0.15, 0.2) is 60.7 Å². The molecule has 32 heavy (non-hydrogen) atoms. The zero-order valence-corrected chi connectivity index (χ0v) is 17.5. The first-order valence-corrected chi connectivity index (χ1v) is 9.85. The Balaban J connectivity index is 1.87. The average molecular weight is 431 g/mol. The van der Waals surface area contributed by atoms with Crippen molar-refractivity contribution in [2.24, 2.45) is 0 Å². The highest BCUT2D eigenvalue weighted by Crippen LogP contribution is 2.30. The summed E-state index contributed by atoms with van der Waals surface area (Å²) in [7, 11) is 0. The number of urea groups is 1. The molecule has 1 aliphatic heterocycles. The number of barbiturate groups is 1. The highest BCUT2D eigenvalue weighted by atomic mass is 16.5. The number of benzene rings is 2. The molecule has 1 saturated heterocycles. The van der Waals surface area contributed by atoms with Crippen molar-refractivity contribution in [2.75, 3.05) is 13.2 Å². The fraction of sp³-hybridized carbons (Fsp3) is 0.167.